The molecule has 0 radical (unpaired) electrons. The highest BCUT2D eigenvalue weighted by atomic mass is 32.2. The van der Waals surface area contributed by atoms with Gasteiger partial charge in [-0.25, -0.2) is 8.42 Å². The van der Waals surface area contributed by atoms with Crippen LogP contribution in [0.5, 0.6) is 0 Å². The monoisotopic (exact) mass is 309 g/mol. The quantitative estimate of drug-likeness (QED) is 0.914. The predicted octanol–water partition coefficient (Wildman–Crippen LogP) is 3.77. The number of anilines is 1. The van der Waals surface area contributed by atoms with E-state index in [-0.39, 0.29) is 5.75 Å². The Bertz CT molecular complexity index is 683. The number of rotatable bonds is 5. The van der Waals surface area contributed by atoms with Crippen molar-refractivity contribution in [1.29, 1.82) is 0 Å². The number of aryl methyl sites for hydroxylation is 2. The van der Waals surface area contributed by atoms with Crippen LogP contribution in [0, 0.1) is 13.8 Å². The van der Waals surface area contributed by atoms with Crippen LogP contribution in [0.2, 0.25) is 0 Å². The number of para-hydroxylation sites is 1. The fraction of sp³-hybridized carbons (Fsp3) is 0.333. The normalized spacial score (nSPS) is 11.6. The lowest BCUT2D eigenvalue weighted by atomic mass is 10.3. The Morgan fingerprint density at radius 1 is 1.20 bits per heavy atom. The number of thiophene rings is 1. The first kappa shape index (κ1) is 15.1. The summed E-state index contributed by atoms with van der Waals surface area (Å²) in [6.07, 6.45) is 0. The van der Waals surface area contributed by atoms with E-state index in [1.165, 1.54) is 15.3 Å². The van der Waals surface area contributed by atoms with Crippen molar-refractivity contribution in [1.82, 2.24) is 0 Å². The summed E-state index contributed by atoms with van der Waals surface area (Å²) in [6, 6.07) is 9.22. The zero-order valence-corrected chi connectivity index (χ0v) is 13.6. The van der Waals surface area contributed by atoms with Crippen LogP contribution in [0.15, 0.2) is 35.2 Å². The Morgan fingerprint density at radius 3 is 2.50 bits per heavy atom. The summed E-state index contributed by atoms with van der Waals surface area (Å²) in [5.74, 6) is 0.114. The van der Waals surface area contributed by atoms with Crippen molar-refractivity contribution in [2.45, 2.75) is 32.2 Å². The molecular formula is C15H19NO2S2. The SMILES string of the molecule is CCS(=O)(=O)c1ccccc1NCc1cc(C)c(C)s1. The lowest BCUT2D eigenvalue weighted by Gasteiger charge is -2.10. The molecule has 0 aliphatic heterocycles. The molecule has 1 aromatic carbocycles. The zero-order valence-electron chi connectivity index (χ0n) is 11.9. The van der Waals surface area contributed by atoms with Gasteiger partial charge < -0.3 is 5.32 Å². The van der Waals surface area contributed by atoms with Crippen molar-refractivity contribution in [3.05, 3.63) is 45.6 Å². The minimum Gasteiger partial charge on any atom is -0.379 e. The van der Waals surface area contributed by atoms with Crippen LogP contribution >= 0.6 is 11.3 Å². The second kappa shape index (κ2) is 5.97. The first-order valence-corrected chi connectivity index (χ1v) is 9.02. The fourth-order valence-electron chi connectivity index (χ4n) is 1.96. The van der Waals surface area contributed by atoms with Gasteiger partial charge in [-0.05, 0) is 37.6 Å². The van der Waals surface area contributed by atoms with Gasteiger partial charge in [-0.15, -0.1) is 11.3 Å². The molecule has 0 aliphatic rings. The van der Waals surface area contributed by atoms with Crippen LogP contribution in [0.25, 0.3) is 0 Å². The molecule has 0 unspecified atom stereocenters. The van der Waals surface area contributed by atoms with Gasteiger partial charge in [-0.1, -0.05) is 19.1 Å². The van der Waals surface area contributed by atoms with E-state index in [9.17, 15) is 8.42 Å². The molecule has 0 amide bonds. The van der Waals surface area contributed by atoms with Crippen LogP contribution in [0.3, 0.4) is 0 Å². The Labute approximate surface area is 124 Å². The topological polar surface area (TPSA) is 46.2 Å². The first-order chi connectivity index (χ1) is 9.44. The van der Waals surface area contributed by atoms with Crippen molar-refractivity contribution in [2.24, 2.45) is 0 Å². The van der Waals surface area contributed by atoms with Crippen LogP contribution in [0.1, 0.15) is 22.2 Å². The molecule has 108 valence electrons. The number of nitrogens with one attached hydrogen (secondary N) is 1. The highest BCUT2D eigenvalue weighted by Crippen LogP contribution is 2.25. The lowest BCUT2D eigenvalue weighted by Crippen LogP contribution is -2.08. The van der Waals surface area contributed by atoms with Gasteiger partial charge in [0, 0.05) is 16.3 Å². The molecule has 0 spiro atoms. The average molecular weight is 309 g/mol. The molecule has 1 N–H and O–H groups in total. The van der Waals surface area contributed by atoms with E-state index < -0.39 is 9.84 Å². The molecule has 2 aromatic rings. The molecule has 20 heavy (non-hydrogen) atoms. The summed E-state index contributed by atoms with van der Waals surface area (Å²) in [5, 5.41) is 3.24. The van der Waals surface area contributed by atoms with E-state index in [0.29, 0.717) is 17.1 Å². The van der Waals surface area contributed by atoms with Crippen molar-refractivity contribution in [3.63, 3.8) is 0 Å². The minimum absolute atomic E-state index is 0.114. The van der Waals surface area contributed by atoms with Gasteiger partial charge in [-0.3, -0.25) is 0 Å². The van der Waals surface area contributed by atoms with Crippen molar-refractivity contribution in [3.8, 4) is 0 Å². The fourth-order valence-corrected chi connectivity index (χ4v) is 4.02. The number of benzene rings is 1. The average Bonchev–Trinajstić information content (AvgIpc) is 2.76. The third-order valence-electron chi connectivity index (χ3n) is 3.27. The van der Waals surface area contributed by atoms with Gasteiger partial charge in [0.2, 0.25) is 0 Å². The first-order valence-electron chi connectivity index (χ1n) is 6.55. The second-order valence-electron chi connectivity index (χ2n) is 4.71. The van der Waals surface area contributed by atoms with Gasteiger partial charge in [0.25, 0.3) is 0 Å². The lowest BCUT2D eigenvalue weighted by molar-refractivity contribution is 0.597. The van der Waals surface area contributed by atoms with Gasteiger partial charge >= 0.3 is 0 Å². The van der Waals surface area contributed by atoms with Gasteiger partial charge in [-0.2, -0.15) is 0 Å². The summed E-state index contributed by atoms with van der Waals surface area (Å²) >= 11 is 1.74. The molecule has 3 nitrogen and oxygen atoms in total. The smallest absolute Gasteiger partial charge is 0.180 e. The van der Waals surface area contributed by atoms with Gasteiger partial charge in [0.05, 0.1) is 16.3 Å². The molecular weight excluding hydrogens is 290 g/mol. The Balaban J connectivity index is 2.22. The minimum atomic E-state index is -3.20. The summed E-state index contributed by atoms with van der Waals surface area (Å²) in [6.45, 7) is 6.50. The molecule has 0 saturated heterocycles. The van der Waals surface area contributed by atoms with E-state index >= 15 is 0 Å². The number of sulfone groups is 1. The maximum atomic E-state index is 12.1. The van der Waals surface area contributed by atoms with Crippen molar-refractivity contribution < 1.29 is 8.42 Å². The molecule has 0 bridgehead atoms. The molecule has 0 aliphatic carbocycles. The van der Waals surface area contributed by atoms with Crippen molar-refractivity contribution >= 4 is 26.9 Å². The van der Waals surface area contributed by atoms with Crippen LogP contribution < -0.4 is 5.32 Å². The molecule has 0 atom stereocenters. The molecule has 0 fully saturated rings. The Hall–Kier alpha value is -1.33. The number of hydrogen-bond donors (Lipinski definition) is 1. The molecule has 0 saturated carbocycles. The van der Waals surface area contributed by atoms with E-state index in [4.69, 9.17) is 0 Å². The predicted molar refractivity (Wildman–Crippen MR) is 85.3 cm³/mol. The third kappa shape index (κ3) is 3.22. The summed E-state index contributed by atoms with van der Waals surface area (Å²) in [4.78, 5) is 2.90. The molecule has 5 heteroatoms. The zero-order chi connectivity index (χ0) is 14.8. The standard InChI is InChI=1S/C15H19NO2S2/c1-4-20(17,18)15-8-6-5-7-14(15)16-10-13-9-11(2)12(3)19-13/h5-9,16H,4,10H2,1-3H3. The molecule has 2 rings (SSSR count). The maximum Gasteiger partial charge on any atom is 0.180 e. The Kier molecular flexibility index (Phi) is 4.50. The van der Waals surface area contributed by atoms with Crippen LogP contribution in [0.4, 0.5) is 5.69 Å². The van der Waals surface area contributed by atoms with Gasteiger partial charge in [0.1, 0.15) is 0 Å². The van der Waals surface area contributed by atoms with E-state index in [1.807, 2.05) is 12.1 Å². The van der Waals surface area contributed by atoms with Gasteiger partial charge in [0.15, 0.2) is 9.84 Å². The second-order valence-corrected chi connectivity index (χ2v) is 8.29. The molecule has 1 heterocycles. The highest BCUT2D eigenvalue weighted by molar-refractivity contribution is 7.91. The van der Waals surface area contributed by atoms with Crippen LogP contribution in [-0.2, 0) is 16.4 Å². The van der Waals surface area contributed by atoms with E-state index in [1.54, 1.807) is 30.4 Å². The van der Waals surface area contributed by atoms with E-state index in [0.717, 1.165) is 0 Å². The largest absolute Gasteiger partial charge is 0.379 e. The third-order valence-corrected chi connectivity index (χ3v) is 6.21. The maximum absolute atomic E-state index is 12.1. The summed E-state index contributed by atoms with van der Waals surface area (Å²) < 4.78 is 24.1. The highest BCUT2D eigenvalue weighted by Gasteiger charge is 2.15. The Morgan fingerprint density at radius 2 is 1.90 bits per heavy atom. The molecule has 1 aromatic heterocycles. The van der Waals surface area contributed by atoms with Crippen LogP contribution in [-0.4, -0.2) is 14.2 Å². The summed E-state index contributed by atoms with van der Waals surface area (Å²) in [7, 11) is -3.20. The summed E-state index contributed by atoms with van der Waals surface area (Å²) in [5.41, 5.74) is 1.96. The number of hydrogen-bond acceptors (Lipinski definition) is 4. The van der Waals surface area contributed by atoms with E-state index in [2.05, 4.69) is 25.2 Å². The van der Waals surface area contributed by atoms with Crippen molar-refractivity contribution in [2.75, 3.05) is 11.1 Å².